The van der Waals surface area contributed by atoms with E-state index in [1.807, 2.05) is 4.72 Å². The van der Waals surface area contributed by atoms with Crippen molar-refractivity contribution in [2.45, 2.75) is 24.8 Å². The van der Waals surface area contributed by atoms with Crippen LogP contribution in [0.3, 0.4) is 0 Å². The molecule has 1 aromatic carbocycles. The minimum absolute atomic E-state index is 0.0502. The lowest BCUT2D eigenvalue weighted by Gasteiger charge is -2.17. The highest BCUT2D eigenvalue weighted by molar-refractivity contribution is 7.90. The van der Waals surface area contributed by atoms with Gasteiger partial charge in [0.2, 0.25) is 0 Å². The summed E-state index contributed by atoms with van der Waals surface area (Å²) in [6.45, 7) is 3.67. The molecule has 1 N–H and O–H groups in total. The number of aryl methyl sites for hydroxylation is 1. The Labute approximate surface area is 156 Å². The van der Waals surface area contributed by atoms with E-state index in [1.165, 1.54) is 31.4 Å². The van der Waals surface area contributed by atoms with Crippen LogP contribution in [0, 0.1) is 6.92 Å². The molecule has 1 unspecified atom stereocenters. The van der Waals surface area contributed by atoms with Crippen LogP contribution < -0.4 is 9.46 Å². The third kappa shape index (κ3) is 5.13. The number of aromatic nitrogens is 2. The normalized spacial score (nSPS) is 12.5. The average Bonchev–Trinajstić information content (AvgIpc) is 2.56. The predicted molar refractivity (Wildman–Crippen MR) is 94.8 cm³/mol. The summed E-state index contributed by atoms with van der Waals surface area (Å²) in [7, 11) is -2.75. The Balaban J connectivity index is 2.31. The second kappa shape index (κ2) is 8.43. The Morgan fingerprint density at radius 3 is 2.62 bits per heavy atom. The minimum atomic E-state index is -4.25. The van der Waals surface area contributed by atoms with Gasteiger partial charge in [-0.15, -0.1) is 5.10 Å². The fourth-order valence-electron chi connectivity index (χ4n) is 2.02. The molecule has 1 heterocycles. The van der Waals surface area contributed by atoms with E-state index in [2.05, 4.69) is 10.2 Å². The van der Waals surface area contributed by atoms with Gasteiger partial charge in [-0.1, -0.05) is 11.6 Å². The van der Waals surface area contributed by atoms with Gasteiger partial charge in [0, 0.05) is 12.1 Å². The molecule has 8 nitrogen and oxygen atoms in total. The molecule has 1 amide bonds. The van der Waals surface area contributed by atoms with Crippen molar-refractivity contribution in [3.63, 3.8) is 0 Å². The Morgan fingerprint density at radius 2 is 2.00 bits per heavy atom. The number of carbonyl (C=O) groups is 1. The average molecular weight is 400 g/mol. The van der Waals surface area contributed by atoms with Gasteiger partial charge >= 0.3 is 0 Å². The Bertz CT molecular complexity index is 887. The number of rotatable bonds is 7. The zero-order chi connectivity index (χ0) is 19.3. The number of carbonyl (C=O) groups excluding carboxylic acids is 1. The van der Waals surface area contributed by atoms with Gasteiger partial charge in [-0.25, -0.2) is 13.1 Å². The van der Waals surface area contributed by atoms with Gasteiger partial charge < -0.3 is 9.47 Å². The van der Waals surface area contributed by atoms with Crippen LogP contribution in [-0.4, -0.2) is 44.3 Å². The van der Waals surface area contributed by atoms with Crippen LogP contribution in [0.5, 0.6) is 5.75 Å². The summed E-state index contributed by atoms with van der Waals surface area (Å²) in [4.78, 5) is 11.9. The summed E-state index contributed by atoms with van der Waals surface area (Å²) in [5.41, 5.74) is 0.471. The summed E-state index contributed by atoms with van der Waals surface area (Å²) in [5.74, 6) is -0.859. The molecule has 0 spiro atoms. The number of hydrogen-bond donors (Lipinski definition) is 1. The maximum Gasteiger partial charge on any atom is 0.285 e. The van der Waals surface area contributed by atoms with Gasteiger partial charge in [0.1, 0.15) is 16.7 Å². The Hall–Kier alpha value is -2.23. The predicted octanol–water partition coefficient (Wildman–Crippen LogP) is 1.97. The van der Waals surface area contributed by atoms with Crippen LogP contribution >= 0.6 is 11.6 Å². The number of ether oxygens (including phenoxy) is 2. The SMILES string of the molecule is COCC(C)Oc1ccc(Cl)cc1S(=O)(=O)NC(=O)c1ccc(C)nn1. The molecular formula is C16H18ClN3O5S. The minimum Gasteiger partial charge on any atom is -0.487 e. The van der Waals surface area contributed by atoms with Crippen LogP contribution in [0.1, 0.15) is 23.1 Å². The second-order valence-corrected chi connectivity index (χ2v) is 7.56. The first-order valence-electron chi connectivity index (χ1n) is 7.55. The van der Waals surface area contributed by atoms with Crippen molar-refractivity contribution in [1.29, 1.82) is 0 Å². The van der Waals surface area contributed by atoms with Gasteiger partial charge in [-0.05, 0) is 44.2 Å². The molecule has 0 saturated carbocycles. The van der Waals surface area contributed by atoms with Gasteiger partial charge in [0.15, 0.2) is 5.69 Å². The van der Waals surface area contributed by atoms with Gasteiger partial charge in [-0.3, -0.25) is 4.79 Å². The molecule has 0 fully saturated rings. The fraction of sp³-hybridized carbons (Fsp3) is 0.312. The molecule has 0 aliphatic rings. The van der Waals surface area contributed by atoms with Crippen LogP contribution in [-0.2, 0) is 14.8 Å². The number of nitrogens with one attached hydrogen (secondary N) is 1. The monoisotopic (exact) mass is 399 g/mol. The number of nitrogens with zero attached hydrogens (tertiary/aromatic N) is 2. The third-order valence-corrected chi connectivity index (χ3v) is 4.77. The number of hydrogen-bond acceptors (Lipinski definition) is 7. The molecule has 0 bridgehead atoms. The lowest BCUT2D eigenvalue weighted by atomic mass is 10.3. The zero-order valence-electron chi connectivity index (χ0n) is 14.4. The maximum atomic E-state index is 12.6. The maximum absolute atomic E-state index is 12.6. The summed E-state index contributed by atoms with van der Waals surface area (Å²) < 4.78 is 37.8. The summed E-state index contributed by atoms with van der Waals surface area (Å²) in [5, 5.41) is 7.58. The first kappa shape index (κ1) is 20.1. The number of sulfonamides is 1. The Kier molecular flexibility index (Phi) is 6.52. The topological polar surface area (TPSA) is 107 Å². The largest absolute Gasteiger partial charge is 0.487 e. The van der Waals surface area contributed by atoms with E-state index in [1.54, 1.807) is 19.9 Å². The van der Waals surface area contributed by atoms with Crippen molar-refractivity contribution in [3.05, 3.63) is 46.7 Å². The molecule has 26 heavy (non-hydrogen) atoms. The number of halogens is 1. The van der Waals surface area contributed by atoms with Crippen molar-refractivity contribution >= 4 is 27.5 Å². The summed E-state index contributed by atoms with van der Waals surface area (Å²) in [6.07, 6.45) is -0.409. The fourth-order valence-corrected chi connectivity index (χ4v) is 3.38. The standard InChI is InChI=1S/C16H18ClN3O5S/c1-10-4-6-13(19-18-10)16(21)20-26(22,23)15-8-12(17)5-7-14(15)25-11(2)9-24-3/h4-8,11H,9H2,1-3H3,(H,20,21). The van der Waals surface area contributed by atoms with Crippen molar-refractivity contribution in [2.24, 2.45) is 0 Å². The molecule has 140 valence electrons. The molecule has 0 saturated heterocycles. The molecule has 0 radical (unpaired) electrons. The van der Waals surface area contributed by atoms with Gasteiger partial charge in [-0.2, -0.15) is 5.10 Å². The molecule has 0 aliphatic heterocycles. The van der Waals surface area contributed by atoms with Gasteiger partial charge in [0.05, 0.1) is 12.3 Å². The van der Waals surface area contributed by atoms with Crippen molar-refractivity contribution in [1.82, 2.24) is 14.9 Å². The molecule has 1 aromatic heterocycles. The molecule has 2 rings (SSSR count). The number of methoxy groups -OCH3 is 1. The summed E-state index contributed by atoms with van der Waals surface area (Å²) >= 11 is 5.91. The van der Waals surface area contributed by atoms with E-state index >= 15 is 0 Å². The lowest BCUT2D eigenvalue weighted by molar-refractivity contribution is 0.0900. The highest BCUT2D eigenvalue weighted by Gasteiger charge is 2.25. The van der Waals surface area contributed by atoms with E-state index in [0.717, 1.165) is 0 Å². The molecule has 0 aliphatic carbocycles. The quantitative estimate of drug-likeness (QED) is 0.758. The molecule has 10 heteroatoms. The zero-order valence-corrected chi connectivity index (χ0v) is 16.0. The number of benzene rings is 1. The number of amides is 1. The van der Waals surface area contributed by atoms with E-state index in [4.69, 9.17) is 21.1 Å². The van der Waals surface area contributed by atoms with E-state index < -0.39 is 22.0 Å². The molecule has 1 atom stereocenters. The van der Waals surface area contributed by atoms with Crippen LogP contribution in [0.4, 0.5) is 0 Å². The first-order valence-corrected chi connectivity index (χ1v) is 9.41. The van der Waals surface area contributed by atoms with E-state index in [0.29, 0.717) is 5.69 Å². The lowest BCUT2D eigenvalue weighted by Crippen LogP contribution is -2.32. The summed E-state index contributed by atoms with van der Waals surface area (Å²) in [6, 6.07) is 7.03. The van der Waals surface area contributed by atoms with E-state index in [9.17, 15) is 13.2 Å². The van der Waals surface area contributed by atoms with E-state index in [-0.39, 0.29) is 28.0 Å². The van der Waals surface area contributed by atoms with Crippen molar-refractivity contribution < 1.29 is 22.7 Å². The third-order valence-electron chi connectivity index (χ3n) is 3.18. The van der Waals surface area contributed by atoms with Crippen LogP contribution in [0.15, 0.2) is 35.2 Å². The van der Waals surface area contributed by atoms with Crippen molar-refractivity contribution in [3.8, 4) is 5.75 Å². The highest BCUT2D eigenvalue weighted by Crippen LogP contribution is 2.28. The highest BCUT2D eigenvalue weighted by atomic mass is 35.5. The Morgan fingerprint density at radius 1 is 1.27 bits per heavy atom. The van der Waals surface area contributed by atoms with Crippen LogP contribution in [0.25, 0.3) is 0 Å². The molecular weight excluding hydrogens is 382 g/mol. The van der Waals surface area contributed by atoms with Crippen molar-refractivity contribution in [2.75, 3.05) is 13.7 Å². The van der Waals surface area contributed by atoms with Gasteiger partial charge in [0.25, 0.3) is 15.9 Å². The first-order chi connectivity index (χ1) is 12.2. The molecule has 2 aromatic rings. The van der Waals surface area contributed by atoms with Crippen LogP contribution in [0.2, 0.25) is 5.02 Å². The smallest absolute Gasteiger partial charge is 0.285 e. The second-order valence-electron chi connectivity index (χ2n) is 5.47.